The maximum Gasteiger partial charge on any atom is 0.102 e. The van der Waals surface area contributed by atoms with E-state index in [1.54, 1.807) is 5.98 Å². The van der Waals surface area contributed by atoms with Crippen LogP contribution >= 0.6 is 0 Å². The van der Waals surface area contributed by atoms with Gasteiger partial charge in [0.15, 0.2) is 0 Å². The second-order valence-electron chi connectivity index (χ2n) is 2.73. The van der Waals surface area contributed by atoms with Crippen LogP contribution in [0.25, 0.3) is 0 Å². The summed E-state index contributed by atoms with van der Waals surface area (Å²) >= 11 is 0. The minimum atomic E-state index is 0.245. The Morgan fingerprint density at radius 1 is 1.29 bits per heavy atom. The van der Waals surface area contributed by atoms with Crippen LogP contribution in [-0.4, -0.2) is 7.85 Å². The van der Waals surface area contributed by atoms with Gasteiger partial charge in [-0.2, -0.15) is 0 Å². The highest BCUT2D eigenvalue weighted by atomic mass is 14.1. The molecule has 0 amide bonds. The smallest absolute Gasteiger partial charge is 0.102 e. The minimum Gasteiger partial charge on any atom is -0.135 e. The Bertz CT molecular complexity index is 66.7. The quantitative estimate of drug-likeness (QED) is 0.401. The molecule has 7 heavy (non-hydrogen) atoms. The summed E-state index contributed by atoms with van der Waals surface area (Å²) in [4.78, 5) is 0. The lowest BCUT2D eigenvalue weighted by molar-refractivity contribution is 0.545. The maximum atomic E-state index is 5.13. The molecule has 0 aromatic heterocycles. The van der Waals surface area contributed by atoms with E-state index in [4.69, 9.17) is 7.85 Å². The van der Waals surface area contributed by atoms with Crippen molar-refractivity contribution in [3.05, 3.63) is 12.1 Å². The van der Waals surface area contributed by atoms with Gasteiger partial charge in [0, 0.05) is 0 Å². The summed E-state index contributed by atoms with van der Waals surface area (Å²) < 4.78 is 0. The average molecular weight is 94.0 g/mol. The summed E-state index contributed by atoms with van der Waals surface area (Å²) in [6, 6.07) is 0. The molecule has 0 aromatic rings. The molecule has 0 aromatic carbocycles. The normalized spacial score (nSPS) is 13.0. The molecule has 0 nitrogen and oxygen atoms in total. The molecule has 0 heterocycles. The van der Waals surface area contributed by atoms with Gasteiger partial charge in [0.2, 0.25) is 0 Å². The molecule has 0 rings (SSSR count). The van der Waals surface area contributed by atoms with Crippen LogP contribution < -0.4 is 0 Å². The van der Waals surface area contributed by atoms with E-state index in [1.807, 2.05) is 6.08 Å². The van der Waals surface area contributed by atoms with Crippen LogP contribution in [0.15, 0.2) is 12.1 Å². The van der Waals surface area contributed by atoms with E-state index in [9.17, 15) is 0 Å². The van der Waals surface area contributed by atoms with E-state index in [2.05, 4.69) is 20.8 Å². The molecular formula is C6H11B. The first kappa shape index (κ1) is 6.80. The molecule has 0 spiro atoms. The lowest BCUT2D eigenvalue weighted by Gasteiger charge is -2.09. The summed E-state index contributed by atoms with van der Waals surface area (Å²) in [5.74, 6) is 1.58. The van der Waals surface area contributed by atoms with Gasteiger partial charge in [0.05, 0.1) is 0 Å². The summed E-state index contributed by atoms with van der Waals surface area (Å²) in [7, 11) is 5.13. The zero-order valence-electron chi connectivity index (χ0n) is 5.23. The average Bonchev–Trinajstić information content (AvgIpc) is 1.30. The molecule has 0 bridgehead atoms. The highest BCUT2D eigenvalue weighted by Gasteiger charge is 2.00. The number of rotatable bonds is 0. The Labute approximate surface area is 47.0 Å². The SMILES string of the molecule is [B]/C=C/C(C)(C)C. The Hall–Kier alpha value is -0.195. The highest BCUT2D eigenvalue weighted by Crippen LogP contribution is 2.13. The fourth-order valence-electron chi connectivity index (χ4n) is 0.289. The summed E-state index contributed by atoms with van der Waals surface area (Å²) in [5.41, 5.74) is 0.245. The first-order valence-corrected chi connectivity index (χ1v) is 2.46. The van der Waals surface area contributed by atoms with Crippen LogP contribution in [0, 0.1) is 5.41 Å². The highest BCUT2D eigenvalue weighted by molar-refractivity contribution is 6.17. The first-order chi connectivity index (χ1) is 3.06. The zero-order chi connectivity index (χ0) is 5.91. The maximum absolute atomic E-state index is 5.13. The van der Waals surface area contributed by atoms with Gasteiger partial charge in [0.1, 0.15) is 7.85 Å². The van der Waals surface area contributed by atoms with Crippen molar-refractivity contribution in [2.75, 3.05) is 0 Å². The van der Waals surface area contributed by atoms with Crippen molar-refractivity contribution in [2.45, 2.75) is 20.8 Å². The minimum absolute atomic E-state index is 0.245. The van der Waals surface area contributed by atoms with E-state index in [0.717, 1.165) is 0 Å². The van der Waals surface area contributed by atoms with Gasteiger partial charge in [-0.15, -0.1) is 5.98 Å². The van der Waals surface area contributed by atoms with Gasteiger partial charge >= 0.3 is 0 Å². The van der Waals surface area contributed by atoms with Crippen molar-refractivity contribution >= 4 is 7.85 Å². The molecule has 0 N–H and O–H groups in total. The predicted octanol–water partition coefficient (Wildman–Crippen LogP) is 1.71. The Balaban J connectivity index is 3.56. The predicted molar refractivity (Wildman–Crippen MR) is 34.3 cm³/mol. The van der Waals surface area contributed by atoms with E-state index < -0.39 is 0 Å². The van der Waals surface area contributed by atoms with Crippen LogP contribution in [0.1, 0.15) is 20.8 Å². The first-order valence-electron chi connectivity index (χ1n) is 2.46. The second-order valence-corrected chi connectivity index (χ2v) is 2.73. The summed E-state index contributed by atoms with van der Waals surface area (Å²) in [5, 5.41) is 0. The molecular weight excluding hydrogens is 82.9 g/mol. The number of allylic oxidation sites excluding steroid dienone is 1. The molecule has 0 aliphatic carbocycles. The monoisotopic (exact) mass is 94.1 g/mol. The molecule has 0 saturated carbocycles. The van der Waals surface area contributed by atoms with E-state index in [-0.39, 0.29) is 5.41 Å². The largest absolute Gasteiger partial charge is 0.135 e. The molecule has 38 valence electrons. The third kappa shape index (κ3) is 5.80. The molecule has 0 saturated heterocycles. The van der Waals surface area contributed by atoms with Crippen molar-refractivity contribution in [3.63, 3.8) is 0 Å². The summed E-state index contributed by atoms with van der Waals surface area (Å²) in [6.45, 7) is 6.32. The van der Waals surface area contributed by atoms with Crippen LogP contribution in [0.5, 0.6) is 0 Å². The number of hydrogen-bond donors (Lipinski definition) is 0. The lowest BCUT2D eigenvalue weighted by atomic mass is 9.93. The lowest BCUT2D eigenvalue weighted by Crippen LogP contribution is -1.97. The van der Waals surface area contributed by atoms with Gasteiger partial charge in [0.25, 0.3) is 0 Å². The van der Waals surface area contributed by atoms with Gasteiger partial charge in [-0.3, -0.25) is 0 Å². The Morgan fingerprint density at radius 2 is 1.71 bits per heavy atom. The fraction of sp³-hybridized carbons (Fsp3) is 0.667. The summed E-state index contributed by atoms with van der Waals surface area (Å²) in [6.07, 6.45) is 1.97. The molecule has 0 aliphatic heterocycles. The number of hydrogen-bond acceptors (Lipinski definition) is 0. The Kier molecular flexibility index (Phi) is 2.14. The molecule has 0 unspecified atom stereocenters. The second kappa shape index (κ2) is 2.20. The van der Waals surface area contributed by atoms with Gasteiger partial charge in [-0.05, 0) is 5.41 Å². The molecule has 1 heteroatoms. The van der Waals surface area contributed by atoms with Crippen LogP contribution in [0.2, 0.25) is 0 Å². The van der Waals surface area contributed by atoms with Crippen molar-refractivity contribution in [1.82, 2.24) is 0 Å². The van der Waals surface area contributed by atoms with Gasteiger partial charge < -0.3 is 0 Å². The van der Waals surface area contributed by atoms with Crippen LogP contribution in [0.3, 0.4) is 0 Å². The van der Waals surface area contributed by atoms with Gasteiger partial charge in [-0.1, -0.05) is 26.8 Å². The van der Waals surface area contributed by atoms with E-state index >= 15 is 0 Å². The van der Waals surface area contributed by atoms with Crippen molar-refractivity contribution < 1.29 is 0 Å². The van der Waals surface area contributed by atoms with Gasteiger partial charge in [-0.25, -0.2) is 0 Å². The molecule has 2 radical (unpaired) electrons. The van der Waals surface area contributed by atoms with E-state index in [1.165, 1.54) is 0 Å². The standard InChI is InChI=1S/C6H11B/c1-6(2,3)4-5-7/h4-5H,1-3H3/b5-4+. The molecule has 0 atom stereocenters. The third-order valence-corrected chi connectivity index (χ3v) is 0.596. The molecule has 0 fully saturated rings. The van der Waals surface area contributed by atoms with Crippen molar-refractivity contribution in [3.8, 4) is 0 Å². The van der Waals surface area contributed by atoms with Crippen molar-refractivity contribution in [1.29, 1.82) is 0 Å². The van der Waals surface area contributed by atoms with Crippen LogP contribution in [-0.2, 0) is 0 Å². The van der Waals surface area contributed by atoms with E-state index in [0.29, 0.717) is 0 Å². The third-order valence-electron chi connectivity index (χ3n) is 0.596. The zero-order valence-corrected chi connectivity index (χ0v) is 5.23. The Morgan fingerprint density at radius 3 is 1.71 bits per heavy atom. The van der Waals surface area contributed by atoms with Crippen molar-refractivity contribution in [2.24, 2.45) is 5.41 Å². The molecule has 0 aliphatic rings. The fourth-order valence-corrected chi connectivity index (χ4v) is 0.289. The topological polar surface area (TPSA) is 0 Å². The van der Waals surface area contributed by atoms with Crippen LogP contribution in [0.4, 0.5) is 0 Å².